The summed E-state index contributed by atoms with van der Waals surface area (Å²) in [5.74, 6) is -1.08. The van der Waals surface area contributed by atoms with Crippen molar-refractivity contribution >= 4 is 29.1 Å². The first-order valence-electron chi connectivity index (χ1n) is 12.5. The third kappa shape index (κ3) is 7.78. The highest BCUT2D eigenvalue weighted by Gasteiger charge is 2.41. The number of amides is 1. The molecule has 2 N–H and O–H groups in total. The van der Waals surface area contributed by atoms with E-state index in [2.05, 4.69) is 10.3 Å². The van der Waals surface area contributed by atoms with Crippen LogP contribution in [-0.4, -0.2) is 46.7 Å². The van der Waals surface area contributed by atoms with Gasteiger partial charge in [-0.2, -0.15) is 26.3 Å². The first-order chi connectivity index (χ1) is 19.4. The zero-order valence-electron chi connectivity index (χ0n) is 22.0. The number of alkyl halides is 6. The number of fused-ring (bicyclic) bond motifs is 1. The van der Waals surface area contributed by atoms with Crippen molar-refractivity contribution in [2.75, 3.05) is 6.61 Å². The molecule has 14 heteroatoms. The molecule has 0 radical (unpaired) electrons. The van der Waals surface area contributed by atoms with Gasteiger partial charge < -0.3 is 19.9 Å². The zero-order chi connectivity index (χ0) is 31.0. The van der Waals surface area contributed by atoms with Crippen molar-refractivity contribution in [2.45, 2.75) is 56.8 Å². The number of halogens is 8. The fourth-order valence-corrected chi connectivity index (χ4v) is 4.81. The molecule has 0 bridgehead atoms. The van der Waals surface area contributed by atoms with Gasteiger partial charge in [-0.15, -0.1) is 0 Å². The number of pyridine rings is 1. The van der Waals surface area contributed by atoms with Crippen LogP contribution < -0.4 is 14.8 Å². The SMILES string of the molecule is CC1(C)C[C@@H](NC(=O)CC(O)C(F)(F)F)c2cc(-c3ccc(Cl)cc3)c(-c3ccc(OCC(F)(F)F)cc3Cl)nc2O1. The van der Waals surface area contributed by atoms with Gasteiger partial charge in [-0.3, -0.25) is 4.79 Å². The molecule has 6 nitrogen and oxygen atoms in total. The molecule has 4 rings (SSSR count). The minimum absolute atomic E-state index is 0.0263. The van der Waals surface area contributed by atoms with Crippen LogP contribution in [0, 0.1) is 0 Å². The van der Waals surface area contributed by atoms with E-state index in [0.717, 1.165) is 0 Å². The van der Waals surface area contributed by atoms with Crippen LogP contribution in [-0.2, 0) is 4.79 Å². The van der Waals surface area contributed by atoms with Gasteiger partial charge >= 0.3 is 12.4 Å². The van der Waals surface area contributed by atoms with Crippen molar-refractivity contribution in [3.8, 4) is 34.0 Å². The monoisotopic (exact) mass is 636 g/mol. The molecule has 0 aliphatic carbocycles. The van der Waals surface area contributed by atoms with Gasteiger partial charge in [-0.25, -0.2) is 4.98 Å². The number of nitrogens with one attached hydrogen (secondary N) is 1. The molecule has 0 saturated carbocycles. The summed E-state index contributed by atoms with van der Waals surface area (Å²) in [5.41, 5.74) is 1.11. The van der Waals surface area contributed by atoms with Gasteiger partial charge in [0.05, 0.1) is 23.2 Å². The Hall–Kier alpha value is -3.22. The van der Waals surface area contributed by atoms with Crippen LogP contribution in [0.5, 0.6) is 11.6 Å². The second-order valence-electron chi connectivity index (χ2n) is 10.3. The minimum Gasteiger partial charge on any atom is -0.484 e. The summed E-state index contributed by atoms with van der Waals surface area (Å²) >= 11 is 12.5. The third-order valence-corrected chi connectivity index (χ3v) is 6.87. The lowest BCUT2D eigenvalue weighted by Crippen LogP contribution is -2.43. The standard InChI is InChI=1S/C28H24Cl2F6N2O4/c1-26(2)12-21(37-23(40)11-22(39)28(34,35)36)19-10-18(14-3-5-15(29)6-4-14)24(38-25(19)42-26)17-8-7-16(9-20(17)30)41-13-27(31,32)33/h3-10,21-22,39H,11-13H2,1-2H3,(H,37,40)/t21-,22?/m1/s1. The van der Waals surface area contributed by atoms with E-state index in [9.17, 15) is 36.2 Å². The maximum Gasteiger partial charge on any atom is 0.422 e. The van der Waals surface area contributed by atoms with Gasteiger partial charge in [0.2, 0.25) is 11.8 Å². The molecule has 2 aromatic carbocycles. The summed E-state index contributed by atoms with van der Waals surface area (Å²) in [6, 6.07) is 11.4. The van der Waals surface area contributed by atoms with E-state index in [0.29, 0.717) is 27.3 Å². The van der Waals surface area contributed by atoms with Crippen molar-refractivity contribution in [3.05, 3.63) is 64.1 Å². The van der Waals surface area contributed by atoms with E-state index < -0.39 is 49.0 Å². The molecule has 1 aliphatic rings. The molecule has 3 aromatic rings. The highest BCUT2D eigenvalue weighted by atomic mass is 35.5. The van der Waals surface area contributed by atoms with Gasteiger partial charge in [0, 0.05) is 28.1 Å². The van der Waals surface area contributed by atoms with E-state index in [1.807, 2.05) is 0 Å². The van der Waals surface area contributed by atoms with Gasteiger partial charge in [-0.1, -0.05) is 35.3 Å². The van der Waals surface area contributed by atoms with E-state index in [1.165, 1.54) is 18.2 Å². The fraction of sp³-hybridized carbons (Fsp3) is 0.357. The summed E-state index contributed by atoms with van der Waals surface area (Å²) < 4.78 is 87.3. The van der Waals surface area contributed by atoms with E-state index >= 15 is 0 Å². The molecule has 1 aromatic heterocycles. The highest BCUT2D eigenvalue weighted by molar-refractivity contribution is 6.33. The molecule has 0 saturated heterocycles. The lowest BCUT2D eigenvalue weighted by molar-refractivity contribution is -0.206. The minimum atomic E-state index is -4.96. The highest BCUT2D eigenvalue weighted by Crippen LogP contribution is 2.45. The zero-order valence-corrected chi connectivity index (χ0v) is 23.5. The van der Waals surface area contributed by atoms with Crippen LogP contribution in [0.25, 0.3) is 22.4 Å². The second kappa shape index (κ2) is 11.8. The molecular formula is C28H24Cl2F6N2O4. The Morgan fingerprint density at radius 1 is 1.10 bits per heavy atom. The molecular weight excluding hydrogens is 613 g/mol. The predicted molar refractivity (Wildman–Crippen MR) is 144 cm³/mol. The maximum absolute atomic E-state index is 12.8. The van der Waals surface area contributed by atoms with E-state index in [1.54, 1.807) is 44.2 Å². The molecule has 42 heavy (non-hydrogen) atoms. The number of aliphatic hydroxyl groups is 1. The number of rotatable bonds is 7. The number of benzene rings is 2. The van der Waals surface area contributed by atoms with Crippen LogP contribution in [0.3, 0.4) is 0 Å². The Morgan fingerprint density at radius 2 is 1.76 bits per heavy atom. The molecule has 1 aliphatic heterocycles. The van der Waals surface area contributed by atoms with Crippen molar-refractivity contribution in [3.63, 3.8) is 0 Å². The van der Waals surface area contributed by atoms with Crippen LogP contribution in [0.15, 0.2) is 48.5 Å². The second-order valence-corrected chi connectivity index (χ2v) is 11.1. The predicted octanol–water partition coefficient (Wildman–Crippen LogP) is 7.70. The Morgan fingerprint density at radius 3 is 2.36 bits per heavy atom. The molecule has 2 atom stereocenters. The Balaban J connectivity index is 1.79. The fourth-order valence-electron chi connectivity index (χ4n) is 4.42. The average molecular weight is 637 g/mol. The topological polar surface area (TPSA) is 80.7 Å². The summed E-state index contributed by atoms with van der Waals surface area (Å²) in [5, 5.41) is 12.4. The number of nitrogens with zero attached hydrogens (tertiary/aromatic N) is 1. The van der Waals surface area contributed by atoms with Crippen LogP contribution >= 0.6 is 23.2 Å². The molecule has 1 unspecified atom stereocenters. The van der Waals surface area contributed by atoms with Crippen LogP contribution in [0.4, 0.5) is 26.3 Å². The normalized spacial score (nSPS) is 17.2. The Bertz CT molecular complexity index is 1460. The molecule has 1 amide bonds. The number of hydrogen-bond acceptors (Lipinski definition) is 5. The smallest absolute Gasteiger partial charge is 0.422 e. The van der Waals surface area contributed by atoms with Gasteiger partial charge in [-0.05, 0) is 55.8 Å². The van der Waals surface area contributed by atoms with Crippen molar-refractivity contribution in [1.82, 2.24) is 10.3 Å². The van der Waals surface area contributed by atoms with Gasteiger partial charge in [0.15, 0.2) is 12.7 Å². The number of aromatic nitrogens is 1. The number of carbonyl (C=O) groups excluding carboxylic acids is 1. The van der Waals surface area contributed by atoms with Crippen LogP contribution in [0.2, 0.25) is 10.0 Å². The van der Waals surface area contributed by atoms with Crippen molar-refractivity contribution < 1.29 is 45.7 Å². The summed E-state index contributed by atoms with van der Waals surface area (Å²) in [7, 11) is 0. The Kier molecular flexibility index (Phi) is 8.92. The van der Waals surface area contributed by atoms with Crippen LogP contribution in [0.1, 0.15) is 38.3 Å². The quantitative estimate of drug-likeness (QED) is 0.260. The number of ether oxygens (including phenoxy) is 2. The Labute approximate surface area is 246 Å². The van der Waals surface area contributed by atoms with Gasteiger partial charge in [0.1, 0.15) is 11.4 Å². The summed E-state index contributed by atoms with van der Waals surface area (Å²) in [6.07, 6.45) is -13.4. The molecule has 2 heterocycles. The maximum atomic E-state index is 12.8. The van der Waals surface area contributed by atoms with Gasteiger partial charge in [0.25, 0.3) is 0 Å². The largest absolute Gasteiger partial charge is 0.484 e. The lowest BCUT2D eigenvalue weighted by atomic mass is 9.88. The number of aliphatic hydroxyl groups excluding tert-OH is 1. The summed E-state index contributed by atoms with van der Waals surface area (Å²) in [4.78, 5) is 17.2. The first kappa shape index (κ1) is 31.7. The van der Waals surface area contributed by atoms with E-state index in [4.69, 9.17) is 32.7 Å². The molecule has 226 valence electrons. The number of hydrogen-bond donors (Lipinski definition) is 2. The first-order valence-corrected chi connectivity index (χ1v) is 13.2. The summed E-state index contributed by atoms with van der Waals surface area (Å²) in [6.45, 7) is 1.90. The van der Waals surface area contributed by atoms with E-state index in [-0.39, 0.29) is 28.8 Å². The van der Waals surface area contributed by atoms with Crippen molar-refractivity contribution in [2.24, 2.45) is 0 Å². The van der Waals surface area contributed by atoms with Crippen molar-refractivity contribution in [1.29, 1.82) is 0 Å². The molecule has 0 spiro atoms. The third-order valence-electron chi connectivity index (χ3n) is 6.30. The lowest BCUT2D eigenvalue weighted by Gasteiger charge is -2.37. The molecule has 0 fully saturated rings. The number of carbonyl (C=O) groups is 1. The average Bonchev–Trinajstić information content (AvgIpc) is 2.86.